The Labute approximate surface area is 236 Å². The Morgan fingerprint density at radius 1 is 1.07 bits per heavy atom. The van der Waals surface area contributed by atoms with Crippen molar-refractivity contribution in [2.24, 2.45) is 0 Å². The van der Waals surface area contributed by atoms with Crippen LogP contribution in [0, 0.1) is 13.8 Å². The molecule has 0 unspecified atom stereocenters. The SMILES string of the molecule is CC.Cc1c(-c2cc(O[C@H](C)c3ccccn3)n3c(C)cnc3c2)nnn1C1CCN(C(=O)OC(C)(C)C)CC1. The van der Waals surface area contributed by atoms with Crippen molar-refractivity contribution in [1.29, 1.82) is 0 Å². The van der Waals surface area contributed by atoms with Gasteiger partial charge in [0.25, 0.3) is 0 Å². The number of carbonyl (C=O) groups is 1. The molecule has 5 heterocycles. The number of carbonyl (C=O) groups excluding carboxylic acids is 1. The predicted molar refractivity (Wildman–Crippen MR) is 154 cm³/mol. The van der Waals surface area contributed by atoms with Gasteiger partial charge in [0.15, 0.2) is 0 Å². The maximum atomic E-state index is 12.5. The fraction of sp³-hybridized carbons (Fsp3) is 0.500. The van der Waals surface area contributed by atoms with Gasteiger partial charge in [-0.15, -0.1) is 5.10 Å². The van der Waals surface area contributed by atoms with Crippen molar-refractivity contribution in [2.45, 2.75) is 86.0 Å². The third-order valence-electron chi connectivity index (χ3n) is 6.81. The predicted octanol–water partition coefficient (Wildman–Crippen LogP) is 6.34. The lowest BCUT2D eigenvalue weighted by atomic mass is 10.0. The molecule has 0 N–H and O–H groups in total. The van der Waals surface area contributed by atoms with E-state index in [1.54, 1.807) is 11.1 Å². The van der Waals surface area contributed by atoms with Crippen LogP contribution in [-0.4, -0.2) is 59.0 Å². The molecule has 0 radical (unpaired) electrons. The van der Waals surface area contributed by atoms with E-state index >= 15 is 0 Å². The molecule has 1 atom stereocenters. The van der Waals surface area contributed by atoms with Gasteiger partial charge in [0.1, 0.15) is 23.0 Å². The van der Waals surface area contributed by atoms with Crippen LogP contribution in [0.2, 0.25) is 0 Å². The molecule has 1 fully saturated rings. The monoisotopic (exact) mass is 547 g/mol. The molecule has 40 heavy (non-hydrogen) atoms. The summed E-state index contributed by atoms with van der Waals surface area (Å²) in [7, 11) is 0. The van der Waals surface area contributed by atoms with E-state index in [0.29, 0.717) is 19.0 Å². The van der Waals surface area contributed by atoms with E-state index in [9.17, 15) is 4.79 Å². The van der Waals surface area contributed by atoms with E-state index in [1.165, 1.54) is 0 Å². The van der Waals surface area contributed by atoms with Gasteiger partial charge in [-0.25, -0.2) is 14.5 Å². The third-order valence-corrected chi connectivity index (χ3v) is 6.81. The Kier molecular flexibility index (Phi) is 8.76. The van der Waals surface area contributed by atoms with Crippen LogP contribution in [0.25, 0.3) is 16.9 Å². The smallest absolute Gasteiger partial charge is 0.410 e. The molecule has 4 aromatic rings. The second kappa shape index (κ2) is 12.1. The van der Waals surface area contributed by atoms with Crippen LogP contribution in [-0.2, 0) is 4.74 Å². The highest BCUT2D eigenvalue weighted by Gasteiger charge is 2.29. The molecule has 0 aromatic carbocycles. The second-order valence-electron chi connectivity index (χ2n) is 10.9. The number of piperidine rings is 1. The summed E-state index contributed by atoms with van der Waals surface area (Å²) in [4.78, 5) is 23.3. The van der Waals surface area contributed by atoms with Crippen molar-refractivity contribution in [3.05, 3.63) is 59.8 Å². The van der Waals surface area contributed by atoms with Gasteiger partial charge in [-0.2, -0.15) is 0 Å². The van der Waals surface area contributed by atoms with Crippen LogP contribution < -0.4 is 4.74 Å². The van der Waals surface area contributed by atoms with Crippen LogP contribution in [0.5, 0.6) is 5.88 Å². The summed E-state index contributed by atoms with van der Waals surface area (Å²) in [5, 5.41) is 9.08. The molecule has 1 amide bonds. The van der Waals surface area contributed by atoms with Crippen LogP contribution in [0.3, 0.4) is 0 Å². The molecule has 0 bridgehead atoms. The Bertz CT molecular complexity index is 1430. The van der Waals surface area contributed by atoms with Gasteiger partial charge < -0.3 is 14.4 Å². The normalized spacial score (nSPS) is 14.9. The lowest BCUT2D eigenvalue weighted by Crippen LogP contribution is -2.42. The Balaban J connectivity index is 0.00000181. The first-order chi connectivity index (χ1) is 19.1. The molecule has 0 spiro atoms. The number of rotatable bonds is 5. The number of amides is 1. The first-order valence-electron chi connectivity index (χ1n) is 14.1. The summed E-state index contributed by atoms with van der Waals surface area (Å²) >= 11 is 0. The number of aryl methyl sites for hydroxylation is 1. The van der Waals surface area contributed by atoms with E-state index in [0.717, 1.165) is 46.8 Å². The van der Waals surface area contributed by atoms with Gasteiger partial charge in [-0.1, -0.05) is 25.1 Å². The van der Waals surface area contributed by atoms with E-state index in [4.69, 9.17) is 9.47 Å². The lowest BCUT2D eigenvalue weighted by molar-refractivity contribution is 0.0183. The van der Waals surface area contributed by atoms with Crippen molar-refractivity contribution in [3.63, 3.8) is 0 Å². The Hall–Kier alpha value is -3.95. The molecule has 0 saturated carbocycles. The van der Waals surface area contributed by atoms with Crippen LogP contribution in [0.4, 0.5) is 4.79 Å². The number of nitrogens with zero attached hydrogens (tertiary/aromatic N) is 7. The van der Waals surface area contributed by atoms with Crippen molar-refractivity contribution in [3.8, 4) is 17.1 Å². The highest BCUT2D eigenvalue weighted by atomic mass is 16.6. The zero-order valence-electron chi connectivity index (χ0n) is 24.9. The Morgan fingerprint density at radius 2 is 1.80 bits per heavy atom. The average Bonchev–Trinajstić information content (AvgIpc) is 3.51. The number of likely N-dealkylation sites (tertiary alicyclic amines) is 1. The van der Waals surface area contributed by atoms with Crippen LogP contribution in [0.15, 0.2) is 42.7 Å². The number of pyridine rings is 2. The summed E-state index contributed by atoms with van der Waals surface area (Å²) in [6, 6.07) is 9.97. The molecule has 0 aliphatic carbocycles. The zero-order valence-corrected chi connectivity index (χ0v) is 24.9. The van der Waals surface area contributed by atoms with Crippen molar-refractivity contribution >= 4 is 11.7 Å². The number of fused-ring (bicyclic) bond motifs is 1. The molecule has 1 aliphatic rings. The van der Waals surface area contributed by atoms with E-state index in [1.807, 2.05) is 101 Å². The number of imidazole rings is 1. The zero-order chi connectivity index (χ0) is 29.0. The minimum atomic E-state index is -0.502. The minimum absolute atomic E-state index is 0.159. The molecule has 214 valence electrons. The molecular formula is C30H41N7O3. The first-order valence-corrected chi connectivity index (χ1v) is 14.1. The van der Waals surface area contributed by atoms with Crippen molar-refractivity contribution in [1.82, 2.24) is 34.3 Å². The van der Waals surface area contributed by atoms with Crippen LogP contribution in [0.1, 0.15) is 83.6 Å². The minimum Gasteiger partial charge on any atom is -0.469 e. The summed E-state index contributed by atoms with van der Waals surface area (Å²) in [5.41, 5.74) is 4.76. The van der Waals surface area contributed by atoms with Gasteiger partial charge >= 0.3 is 6.09 Å². The number of aromatic nitrogens is 6. The maximum Gasteiger partial charge on any atom is 0.410 e. The fourth-order valence-corrected chi connectivity index (χ4v) is 4.88. The highest BCUT2D eigenvalue weighted by molar-refractivity contribution is 5.69. The standard InChI is InChI=1S/C28H35N7O3.C2H6/c1-18-17-30-24-15-21(16-25(34(18)24)37-20(3)23-9-7-8-12-29-23)26-19(2)35(32-31-26)22-10-13-33(14-11-22)27(36)38-28(4,5)6;1-2/h7-9,12,15-17,20,22H,10-11,13-14H2,1-6H3;1-2H3/t20-;/m1./s1. The van der Waals surface area contributed by atoms with Gasteiger partial charge in [0.2, 0.25) is 5.88 Å². The number of hydrogen-bond acceptors (Lipinski definition) is 7. The van der Waals surface area contributed by atoms with E-state index in [2.05, 4.69) is 20.3 Å². The molecular weight excluding hydrogens is 506 g/mol. The van der Waals surface area contributed by atoms with Gasteiger partial charge in [0, 0.05) is 42.8 Å². The van der Waals surface area contributed by atoms with E-state index in [-0.39, 0.29) is 18.2 Å². The number of hydrogen-bond donors (Lipinski definition) is 0. The molecule has 5 rings (SSSR count). The third kappa shape index (κ3) is 6.26. The lowest BCUT2D eigenvalue weighted by Gasteiger charge is -2.33. The molecule has 10 nitrogen and oxygen atoms in total. The molecule has 10 heteroatoms. The quantitative estimate of drug-likeness (QED) is 0.287. The number of ether oxygens (including phenoxy) is 2. The van der Waals surface area contributed by atoms with Gasteiger partial charge in [-0.3, -0.25) is 9.38 Å². The van der Waals surface area contributed by atoms with Gasteiger partial charge in [0.05, 0.1) is 17.4 Å². The highest BCUT2D eigenvalue weighted by Crippen LogP contribution is 2.32. The fourth-order valence-electron chi connectivity index (χ4n) is 4.88. The first kappa shape index (κ1) is 29.0. The second-order valence-corrected chi connectivity index (χ2v) is 10.9. The summed E-state index contributed by atoms with van der Waals surface area (Å²) in [6.45, 7) is 16.9. The average molecular weight is 548 g/mol. The van der Waals surface area contributed by atoms with Crippen LogP contribution >= 0.6 is 0 Å². The van der Waals surface area contributed by atoms with Gasteiger partial charge in [-0.05, 0) is 72.6 Å². The largest absolute Gasteiger partial charge is 0.469 e. The maximum absolute atomic E-state index is 12.5. The molecule has 4 aromatic heterocycles. The Morgan fingerprint density at radius 3 is 2.45 bits per heavy atom. The topological polar surface area (TPSA) is 99.7 Å². The summed E-state index contributed by atoms with van der Waals surface area (Å²) in [6.07, 6.45) is 4.67. The molecule has 1 aliphatic heterocycles. The van der Waals surface area contributed by atoms with Crippen molar-refractivity contribution < 1.29 is 14.3 Å². The summed E-state index contributed by atoms with van der Waals surface area (Å²) in [5.74, 6) is 0.672. The molecule has 1 saturated heterocycles. The summed E-state index contributed by atoms with van der Waals surface area (Å²) < 4.78 is 15.9. The van der Waals surface area contributed by atoms with Crippen molar-refractivity contribution in [2.75, 3.05) is 13.1 Å². The van der Waals surface area contributed by atoms with E-state index < -0.39 is 5.60 Å².